The molecule has 0 spiro atoms. The lowest BCUT2D eigenvalue weighted by atomic mass is 10.0. The molecular formula is C24H23ClF3N3O4S. The van der Waals surface area contributed by atoms with Gasteiger partial charge in [-0.15, -0.1) is 0 Å². The summed E-state index contributed by atoms with van der Waals surface area (Å²) in [5.74, 6) is -0.792. The summed E-state index contributed by atoms with van der Waals surface area (Å²) in [6.45, 7) is 5.40. The zero-order chi connectivity index (χ0) is 26.8. The predicted molar refractivity (Wildman–Crippen MR) is 131 cm³/mol. The van der Waals surface area contributed by atoms with E-state index < -0.39 is 27.9 Å². The van der Waals surface area contributed by atoms with Crippen LogP contribution in [-0.4, -0.2) is 48.4 Å². The molecule has 3 rings (SSSR count). The number of benzene rings is 2. The Labute approximate surface area is 212 Å². The summed E-state index contributed by atoms with van der Waals surface area (Å²) in [5, 5.41) is 0.396. The van der Waals surface area contributed by atoms with Crippen LogP contribution in [0.5, 0.6) is 0 Å². The van der Waals surface area contributed by atoms with Gasteiger partial charge in [0.15, 0.2) is 0 Å². The molecule has 0 aliphatic carbocycles. The maximum absolute atomic E-state index is 13.4. The van der Waals surface area contributed by atoms with E-state index in [4.69, 9.17) is 16.3 Å². The average molecular weight is 542 g/mol. The van der Waals surface area contributed by atoms with Gasteiger partial charge in [-0.25, -0.2) is 13.8 Å². The lowest BCUT2D eigenvalue weighted by molar-refractivity contribution is -0.139. The van der Waals surface area contributed by atoms with Crippen molar-refractivity contribution in [3.63, 3.8) is 0 Å². The second-order valence-corrected chi connectivity index (χ2v) is 10.3. The van der Waals surface area contributed by atoms with Crippen LogP contribution >= 0.6 is 11.6 Å². The van der Waals surface area contributed by atoms with E-state index in [2.05, 4.69) is 11.6 Å². The standard InChI is InChI=1S/C24H23ClF3N3O4S/c1-5-35-23(32)15(2)14-20-29-21(16-6-10-18(11-7-16)24(26,27)28)22(17-8-12-19(25)13-9-17)31(20)36(33,34)30(3)4/h6-13H,2,5,14H2,1,3-4H3. The number of nitrogens with zero attached hydrogens (tertiary/aromatic N) is 3. The topological polar surface area (TPSA) is 81.5 Å². The number of rotatable bonds is 8. The molecule has 0 unspecified atom stereocenters. The second-order valence-electron chi connectivity index (χ2n) is 7.86. The fourth-order valence-corrected chi connectivity index (χ4v) is 4.60. The second kappa shape index (κ2) is 10.5. The zero-order valence-electron chi connectivity index (χ0n) is 19.6. The van der Waals surface area contributed by atoms with Crippen LogP contribution in [0.4, 0.5) is 13.2 Å². The predicted octanol–water partition coefficient (Wildman–Crippen LogP) is 5.21. The highest BCUT2D eigenvalue weighted by atomic mass is 35.5. The van der Waals surface area contributed by atoms with Crippen molar-refractivity contribution in [3.8, 4) is 22.5 Å². The number of aromatic nitrogens is 2. The molecule has 0 radical (unpaired) electrons. The molecule has 0 aliphatic heterocycles. The molecule has 0 bridgehead atoms. The third-order valence-electron chi connectivity index (χ3n) is 5.13. The molecule has 0 fully saturated rings. The third-order valence-corrected chi connectivity index (χ3v) is 7.16. The van der Waals surface area contributed by atoms with Gasteiger partial charge in [-0.05, 0) is 31.2 Å². The van der Waals surface area contributed by atoms with Crippen LogP contribution in [0.1, 0.15) is 18.3 Å². The number of alkyl halides is 3. The SMILES string of the molecule is C=C(Cc1nc(-c2ccc(C(F)(F)F)cc2)c(-c2ccc(Cl)cc2)n1S(=O)(=O)N(C)C)C(=O)OCC. The van der Waals surface area contributed by atoms with Crippen LogP contribution in [0.3, 0.4) is 0 Å². The first-order valence-electron chi connectivity index (χ1n) is 10.6. The van der Waals surface area contributed by atoms with Gasteiger partial charge in [-0.1, -0.05) is 42.4 Å². The molecule has 1 heterocycles. The van der Waals surface area contributed by atoms with Crippen LogP contribution in [0.25, 0.3) is 22.5 Å². The molecule has 0 aliphatic rings. The van der Waals surface area contributed by atoms with Crippen molar-refractivity contribution < 1.29 is 31.1 Å². The minimum atomic E-state index is -4.55. The van der Waals surface area contributed by atoms with Crippen molar-refractivity contribution in [3.05, 3.63) is 77.1 Å². The molecule has 36 heavy (non-hydrogen) atoms. The minimum absolute atomic E-state index is 0.0429. The average Bonchev–Trinajstić information content (AvgIpc) is 3.18. The number of carbonyl (C=O) groups is 1. The van der Waals surface area contributed by atoms with E-state index in [1.165, 1.54) is 26.2 Å². The first-order chi connectivity index (χ1) is 16.8. The van der Waals surface area contributed by atoms with Crippen LogP contribution in [0, 0.1) is 0 Å². The van der Waals surface area contributed by atoms with Crippen molar-refractivity contribution in [2.24, 2.45) is 0 Å². The normalized spacial score (nSPS) is 12.1. The Morgan fingerprint density at radius 1 is 1.08 bits per heavy atom. The molecule has 0 amide bonds. The molecule has 0 saturated heterocycles. The summed E-state index contributed by atoms with van der Waals surface area (Å²) in [5.41, 5.74) is -0.0898. The van der Waals surface area contributed by atoms with Gasteiger partial charge in [0.2, 0.25) is 0 Å². The molecule has 192 valence electrons. The Bertz CT molecular complexity index is 1380. The molecule has 2 aromatic carbocycles. The van der Waals surface area contributed by atoms with E-state index in [1.54, 1.807) is 31.2 Å². The van der Waals surface area contributed by atoms with Gasteiger partial charge in [0, 0.05) is 42.2 Å². The molecule has 7 nitrogen and oxygen atoms in total. The maximum atomic E-state index is 13.4. The number of halogens is 4. The first-order valence-corrected chi connectivity index (χ1v) is 12.4. The summed E-state index contributed by atoms with van der Waals surface area (Å²) in [6, 6.07) is 10.4. The van der Waals surface area contributed by atoms with Crippen molar-refractivity contribution in [2.75, 3.05) is 20.7 Å². The van der Waals surface area contributed by atoms with Gasteiger partial charge in [-0.2, -0.15) is 25.9 Å². The van der Waals surface area contributed by atoms with Crippen LogP contribution in [-0.2, 0) is 32.3 Å². The first kappa shape index (κ1) is 27.4. The van der Waals surface area contributed by atoms with Crippen LogP contribution in [0.15, 0.2) is 60.7 Å². The zero-order valence-corrected chi connectivity index (χ0v) is 21.2. The Kier molecular flexibility index (Phi) is 7.97. The van der Waals surface area contributed by atoms with Crippen molar-refractivity contribution in [2.45, 2.75) is 19.5 Å². The quantitative estimate of drug-likeness (QED) is 0.289. The summed E-state index contributed by atoms with van der Waals surface area (Å²) >= 11 is 6.02. The minimum Gasteiger partial charge on any atom is -0.463 e. The summed E-state index contributed by atoms with van der Waals surface area (Å²) in [7, 11) is -1.57. The lowest BCUT2D eigenvalue weighted by Gasteiger charge is -2.18. The van der Waals surface area contributed by atoms with Crippen molar-refractivity contribution >= 4 is 27.8 Å². The molecule has 3 aromatic rings. The van der Waals surface area contributed by atoms with E-state index in [0.29, 0.717) is 10.6 Å². The van der Waals surface area contributed by atoms with Gasteiger partial charge >= 0.3 is 22.4 Å². The van der Waals surface area contributed by atoms with Gasteiger partial charge in [0.25, 0.3) is 0 Å². The van der Waals surface area contributed by atoms with E-state index >= 15 is 0 Å². The van der Waals surface area contributed by atoms with Crippen molar-refractivity contribution in [1.82, 2.24) is 13.3 Å². The Hall–Kier alpha value is -3.15. The molecule has 0 atom stereocenters. The van der Waals surface area contributed by atoms with E-state index in [-0.39, 0.29) is 41.4 Å². The number of hydrogen-bond acceptors (Lipinski definition) is 5. The maximum Gasteiger partial charge on any atom is 0.416 e. The van der Waals surface area contributed by atoms with Crippen LogP contribution < -0.4 is 0 Å². The van der Waals surface area contributed by atoms with Gasteiger partial charge < -0.3 is 4.74 Å². The van der Waals surface area contributed by atoms with Crippen molar-refractivity contribution in [1.29, 1.82) is 0 Å². The number of hydrogen-bond donors (Lipinski definition) is 0. The fraction of sp³-hybridized carbons (Fsp3) is 0.250. The number of ether oxygens (including phenoxy) is 1. The van der Waals surface area contributed by atoms with E-state index in [1.807, 2.05) is 0 Å². The van der Waals surface area contributed by atoms with Gasteiger partial charge in [-0.3, -0.25) is 0 Å². The summed E-state index contributed by atoms with van der Waals surface area (Å²) in [6.07, 6.45) is -4.83. The van der Waals surface area contributed by atoms with E-state index in [0.717, 1.165) is 20.4 Å². The highest BCUT2D eigenvalue weighted by molar-refractivity contribution is 7.87. The van der Waals surface area contributed by atoms with Crippen LogP contribution in [0.2, 0.25) is 5.02 Å². The fourth-order valence-electron chi connectivity index (χ4n) is 3.35. The Morgan fingerprint density at radius 2 is 1.64 bits per heavy atom. The van der Waals surface area contributed by atoms with Gasteiger partial charge in [0.05, 0.1) is 23.6 Å². The molecule has 12 heteroatoms. The Balaban J connectivity index is 2.33. The highest BCUT2D eigenvalue weighted by Crippen LogP contribution is 2.37. The number of carbonyl (C=O) groups excluding carboxylic acids is 1. The monoisotopic (exact) mass is 541 g/mol. The third kappa shape index (κ3) is 5.63. The molecule has 0 N–H and O–H groups in total. The number of esters is 1. The number of imidazole rings is 1. The molecule has 1 aromatic heterocycles. The lowest BCUT2D eigenvalue weighted by Crippen LogP contribution is -2.31. The Morgan fingerprint density at radius 3 is 2.14 bits per heavy atom. The van der Waals surface area contributed by atoms with E-state index in [9.17, 15) is 26.4 Å². The summed E-state index contributed by atoms with van der Waals surface area (Å²) < 4.78 is 73.2. The van der Waals surface area contributed by atoms with Gasteiger partial charge in [0.1, 0.15) is 5.82 Å². The largest absolute Gasteiger partial charge is 0.463 e. The molecule has 0 saturated carbocycles. The summed E-state index contributed by atoms with van der Waals surface area (Å²) in [4.78, 5) is 16.7. The molecular weight excluding hydrogens is 519 g/mol. The smallest absolute Gasteiger partial charge is 0.416 e. The highest BCUT2D eigenvalue weighted by Gasteiger charge is 2.32.